The first-order chi connectivity index (χ1) is 8.17. The first-order valence-electron chi connectivity index (χ1n) is 6.47. The summed E-state index contributed by atoms with van der Waals surface area (Å²) in [6.45, 7) is 6.44. The van der Waals surface area contributed by atoms with Gasteiger partial charge in [0.25, 0.3) is 0 Å². The number of rotatable bonds is 7. The SMILES string of the molecule is CCCCCc1cnc(C=O)c(CC(C)C)n1. The number of aryl methyl sites for hydroxylation is 1. The van der Waals surface area contributed by atoms with Crippen molar-refractivity contribution < 1.29 is 4.79 Å². The fraction of sp³-hybridized carbons (Fsp3) is 0.643. The molecule has 0 fully saturated rings. The van der Waals surface area contributed by atoms with E-state index in [1.165, 1.54) is 12.8 Å². The highest BCUT2D eigenvalue weighted by molar-refractivity contribution is 5.73. The normalized spacial score (nSPS) is 10.8. The third kappa shape index (κ3) is 4.63. The van der Waals surface area contributed by atoms with E-state index >= 15 is 0 Å². The van der Waals surface area contributed by atoms with Gasteiger partial charge in [-0.2, -0.15) is 0 Å². The topological polar surface area (TPSA) is 42.9 Å². The minimum Gasteiger partial charge on any atom is -0.296 e. The van der Waals surface area contributed by atoms with Gasteiger partial charge in [0.1, 0.15) is 5.69 Å². The van der Waals surface area contributed by atoms with Crippen LogP contribution in [0.4, 0.5) is 0 Å². The molecule has 1 heterocycles. The van der Waals surface area contributed by atoms with Crippen molar-refractivity contribution in [1.82, 2.24) is 9.97 Å². The molecular weight excluding hydrogens is 212 g/mol. The van der Waals surface area contributed by atoms with Gasteiger partial charge in [-0.05, 0) is 25.2 Å². The van der Waals surface area contributed by atoms with E-state index < -0.39 is 0 Å². The standard InChI is InChI=1S/C14H22N2O/c1-4-5-6-7-12-9-15-14(10-17)13(16-12)8-11(2)3/h9-11H,4-8H2,1-3H3. The van der Waals surface area contributed by atoms with Gasteiger partial charge in [0.15, 0.2) is 6.29 Å². The number of aromatic nitrogens is 2. The Morgan fingerprint density at radius 3 is 2.71 bits per heavy atom. The van der Waals surface area contributed by atoms with E-state index in [0.29, 0.717) is 11.6 Å². The van der Waals surface area contributed by atoms with Crippen molar-refractivity contribution in [2.45, 2.75) is 52.9 Å². The average molecular weight is 234 g/mol. The second-order valence-corrected chi connectivity index (χ2v) is 4.87. The molecule has 0 aliphatic rings. The first-order valence-corrected chi connectivity index (χ1v) is 6.47. The maximum atomic E-state index is 10.9. The molecule has 1 aromatic heterocycles. The van der Waals surface area contributed by atoms with Crippen LogP contribution in [0.25, 0.3) is 0 Å². The molecule has 0 saturated heterocycles. The lowest BCUT2D eigenvalue weighted by Gasteiger charge is -2.08. The van der Waals surface area contributed by atoms with Crippen molar-refractivity contribution in [3.63, 3.8) is 0 Å². The molecule has 1 aromatic rings. The molecule has 94 valence electrons. The van der Waals surface area contributed by atoms with Gasteiger partial charge >= 0.3 is 0 Å². The van der Waals surface area contributed by atoms with Crippen LogP contribution in [0.2, 0.25) is 0 Å². The quantitative estimate of drug-likeness (QED) is 0.537. The van der Waals surface area contributed by atoms with Gasteiger partial charge in [-0.25, -0.2) is 4.98 Å². The van der Waals surface area contributed by atoms with Gasteiger partial charge in [-0.15, -0.1) is 0 Å². The molecule has 0 aromatic carbocycles. The Balaban J connectivity index is 2.77. The minimum atomic E-state index is 0.494. The summed E-state index contributed by atoms with van der Waals surface area (Å²) >= 11 is 0. The van der Waals surface area contributed by atoms with Crippen LogP contribution in [-0.2, 0) is 12.8 Å². The maximum absolute atomic E-state index is 10.9. The summed E-state index contributed by atoms with van der Waals surface area (Å²) in [5.41, 5.74) is 2.36. The van der Waals surface area contributed by atoms with Crippen LogP contribution in [0, 0.1) is 5.92 Å². The van der Waals surface area contributed by atoms with Crippen LogP contribution in [0.3, 0.4) is 0 Å². The molecule has 1 rings (SSSR count). The van der Waals surface area contributed by atoms with Crippen molar-refractivity contribution in [1.29, 1.82) is 0 Å². The third-order valence-corrected chi connectivity index (χ3v) is 2.68. The van der Waals surface area contributed by atoms with E-state index in [2.05, 4.69) is 30.7 Å². The van der Waals surface area contributed by atoms with Crippen molar-refractivity contribution >= 4 is 6.29 Å². The summed E-state index contributed by atoms with van der Waals surface area (Å²) < 4.78 is 0. The number of hydrogen-bond donors (Lipinski definition) is 0. The molecule has 3 heteroatoms. The van der Waals surface area contributed by atoms with Crippen LogP contribution < -0.4 is 0 Å². The van der Waals surface area contributed by atoms with Crippen LogP contribution in [0.5, 0.6) is 0 Å². The van der Waals surface area contributed by atoms with E-state index in [0.717, 1.165) is 36.9 Å². The van der Waals surface area contributed by atoms with E-state index in [1.54, 1.807) is 6.20 Å². The minimum absolute atomic E-state index is 0.494. The summed E-state index contributed by atoms with van der Waals surface area (Å²) in [6.07, 6.45) is 7.90. The molecular formula is C14H22N2O. The summed E-state index contributed by atoms with van der Waals surface area (Å²) in [6, 6.07) is 0. The smallest absolute Gasteiger partial charge is 0.170 e. The molecule has 0 bridgehead atoms. The summed E-state index contributed by atoms with van der Waals surface area (Å²) in [5, 5.41) is 0. The van der Waals surface area contributed by atoms with E-state index in [4.69, 9.17) is 0 Å². The number of aldehydes is 1. The fourth-order valence-corrected chi connectivity index (χ4v) is 1.79. The molecule has 0 aliphatic carbocycles. The van der Waals surface area contributed by atoms with Crippen LogP contribution in [-0.4, -0.2) is 16.3 Å². The van der Waals surface area contributed by atoms with Gasteiger partial charge in [-0.1, -0.05) is 33.6 Å². The zero-order valence-corrected chi connectivity index (χ0v) is 11.1. The number of hydrogen-bond acceptors (Lipinski definition) is 3. The molecule has 17 heavy (non-hydrogen) atoms. The zero-order chi connectivity index (χ0) is 12.7. The molecule has 0 aliphatic heterocycles. The Morgan fingerprint density at radius 2 is 2.12 bits per heavy atom. The Labute approximate surface area is 104 Å². The highest BCUT2D eigenvalue weighted by Gasteiger charge is 2.08. The maximum Gasteiger partial charge on any atom is 0.170 e. The molecule has 0 N–H and O–H groups in total. The van der Waals surface area contributed by atoms with Gasteiger partial charge in [0.05, 0.1) is 11.4 Å². The molecule has 0 atom stereocenters. The molecule has 0 saturated carbocycles. The molecule has 0 unspecified atom stereocenters. The average Bonchev–Trinajstić information content (AvgIpc) is 2.29. The predicted octanol–water partition coefficient (Wildman–Crippen LogP) is 3.22. The van der Waals surface area contributed by atoms with Crippen molar-refractivity contribution in [2.75, 3.05) is 0 Å². The number of carbonyl (C=O) groups excluding carboxylic acids is 1. The van der Waals surface area contributed by atoms with Crippen molar-refractivity contribution in [2.24, 2.45) is 5.92 Å². The second kappa shape index (κ2) is 7.15. The number of carbonyl (C=O) groups is 1. The predicted molar refractivity (Wildman–Crippen MR) is 69.2 cm³/mol. The van der Waals surface area contributed by atoms with E-state index in [9.17, 15) is 4.79 Å². The van der Waals surface area contributed by atoms with Gasteiger partial charge < -0.3 is 0 Å². The number of unbranched alkanes of at least 4 members (excludes halogenated alkanes) is 2. The molecule has 0 spiro atoms. The Kier molecular flexibility index (Phi) is 5.81. The summed E-state index contributed by atoms with van der Waals surface area (Å²) in [5.74, 6) is 0.494. The second-order valence-electron chi connectivity index (χ2n) is 4.87. The first kappa shape index (κ1) is 13.8. The van der Waals surface area contributed by atoms with Gasteiger partial charge in [0, 0.05) is 6.20 Å². The van der Waals surface area contributed by atoms with Gasteiger partial charge in [0.2, 0.25) is 0 Å². The summed E-state index contributed by atoms with van der Waals surface area (Å²) in [4.78, 5) is 19.6. The Hall–Kier alpha value is -1.25. The van der Waals surface area contributed by atoms with Crippen molar-refractivity contribution in [3.05, 3.63) is 23.3 Å². The largest absolute Gasteiger partial charge is 0.296 e. The lowest BCUT2D eigenvalue weighted by atomic mass is 10.1. The highest BCUT2D eigenvalue weighted by atomic mass is 16.1. The fourth-order valence-electron chi connectivity index (χ4n) is 1.79. The molecule has 0 amide bonds. The highest BCUT2D eigenvalue weighted by Crippen LogP contribution is 2.11. The summed E-state index contributed by atoms with van der Waals surface area (Å²) in [7, 11) is 0. The van der Waals surface area contributed by atoms with Crippen molar-refractivity contribution in [3.8, 4) is 0 Å². The lowest BCUT2D eigenvalue weighted by Crippen LogP contribution is -2.07. The van der Waals surface area contributed by atoms with E-state index in [-0.39, 0.29) is 0 Å². The monoisotopic (exact) mass is 234 g/mol. The van der Waals surface area contributed by atoms with Gasteiger partial charge in [-0.3, -0.25) is 9.78 Å². The van der Waals surface area contributed by atoms with Crippen LogP contribution in [0.15, 0.2) is 6.20 Å². The van der Waals surface area contributed by atoms with Crippen LogP contribution in [0.1, 0.15) is 61.9 Å². The third-order valence-electron chi connectivity index (χ3n) is 2.68. The zero-order valence-electron chi connectivity index (χ0n) is 11.1. The lowest BCUT2D eigenvalue weighted by molar-refractivity contribution is 0.111. The molecule has 3 nitrogen and oxygen atoms in total. The van der Waals surface area contributed by atoms with Crippen LogP contribution >= 0.6 is 0 Å². The Bertz CT molecular complexity index is 361. The van der Waals surface area contributed by atoms with E-state index in [1.807, 2.05) is 0 Å². The Morgan fingerprint density at radius 1 is 1.35 bits per heavy atom. The molecule has 0 radical (unpaired) electrons. The number of nitrogens with zero attached hydrogens (tertiary/aromatic N) is 2.